The Kier molecular flexibility index (Phi) is 7.60. The molecule has 188 valence electrons. The number of furan rings is 1. The molecule has 10 nitrogen and oxygen atoms in total. The largest absolute Gasteiger partial charge is 0.448 e. The van der Waals surface area contributed by atoms with Crippen LogP contribution in [0, 0.1) is 11.8 Å². The van der Waals surface area contributed by atoms with E-state index in [4.69, 9.17) is 32.8 Å². The molecule has 35 heavy (non-hydrogen) atoms. The molecule has 1 aliphatic rings. The number of aliphatic hydroxyl groups is 1. The number of ketones is 1. The first-order chi connectivity index (χ1) is 16.5. The standard InChI is InChI=1S/C21H21Cl2FN4O6S/c22-17-5-12(7-28(17)8-14-1-2-18(23)34-14)20(29)15-6-26-10-27-16(15)4-11-3-13(21(30)19(11)24)9-33-35(25,31)32/h1-2,5-7,10-11,13,19,21,30H,3-4,8-9H2,(H2,25,31,32)/t11-,13+,19+,21+/m0/s1. The Morgan fingerprint density at radius 1 is 1.34 bits per heavy atom. The fourth-order valence-electron chi connectivity index (χ4n) is 4.18. The Hall–Kier alpha value is -2.35. The quantitative estimate of drug-likeness (QED) is 0.388. The van der Waals surface area contributed by atoms with Crippen molar-refractivity contribution >= 4 is 39.3 Å². The number of rotatable bonds is 9. The van der Waals surface area contributed by atoms with Crippen molar-refractivity contribution < 1.29 is 31.3 Å². The molecule has 3 aromatic rings. The predicted molar refractivity (Wildman–Crippen MR) is 123 cm³/mol. The molecular formula is C21H21Cl2FN4O6S. The van der Waals surface area contributed by atoms with E-state index >= 15 is 0 Å². The minimum atomic E-state index is -4.22. The van der Waals surface area contributed by atoms with Crippen LogP contribution in [-0.4, -0.2) is 52.7 Å². The number of hydrogen-bond acceptors (Lipinski definition) is 8. The number of nitrogens with zero attached hydrogens (tertiary/aromatic N) is 3. The maximum Gasteiger partial charge on any atom is 0.333 e. The zero-order chi connectivity index (χ0) is 25.3. The van der Waals surface area contributed by atoms with Gasteiger partial charge in [-0.3, -0.25) is 8.98 Å². The van der Waals surface area contributed by atoms with Crippen LogP contribution in [0.5, 0.6) is 0 Å². The highest BCUT2D eigenvalue weighted by Crippen LogP contribution is 2.37. The average Bonchev–Trinajstić information content (AvgIpc) is 3.46. The number of carbonyl (C=O) groups excluding carboxylic acids is 1. The molecule has 0 aliphatic heterocycles. The van der Waals surface area contributed by atoms with Crippen molar-refractivity contribution in [3.05, 3.63) is 69.9 Å². The van der Waals surface area contributed by atoms with Gasteiger partial charge in [0.2, 0.25) is 0 Å². The van der Waals surface area contributed by atoms with Crippen molar-refractivity contribution in [3.63, 3.8) is 0 Å². The molecule has 0 radical (unpaired) electrons. The fraction of sp³-hybridized carbons (Fsp3) is 0.381. The highest BCUT2D eigenvalue weighted by molar-refractivity contribution is 7.84. The van der Waals surface area contributed by atoms with Crippen molar-refractivity contribution in [2.45, 2.75) is 31.7 Å². The van der Waals surface area contributed by atoms with Gasteiger partial charge in [0.25, 0.3) is 0 Å². The second kappa shape index (κ2) is 10.3. The zero-order valence-corrected chi connectivity index (χ0v) is 20.4. The molecule has 0 saturated heterocycles. The molecule has 1 aliphatic carbocycles. The summed E-state index contributed by atoms with van der Waals surface area (Å²) in [5, 5.41) is 15.5. The summed E-state index contributed by atoms with van der Waals surface area (Å²) in [4.78, 5) is 21.3. The van der Waals surface area contributed by atoms with E-state index in [9.17, 15) is 22.7 Å². The Balaban J connectivity index is 1.50. The summed E-state index contributed by atoms with van der Waals surface area (Å²) in [5.41, 5.74) is 0.722. The number of hydrogen-bond donors (Lipinski definition) is 2. The van der Waals surface area contributed by atoms with Crippen molar-refractivity contribution in [1.82, 2.24) is 14.5 Å². The van der Waals surface area contributed by atoms with E-state index in [1.807, 2.05) is 0 Å². The first-order valence-electron chi connectivity index (χ1n) is 10.4. The maximum absolute atomic E-state index is 14.8. The van der Waals surface area contributed by atoms with Gasteiger partial charge in [-0.05, 0) is 48.6 Å². The third-order valence-corrected chi connectivity index (χ3v) is 6.86. The zero-order valence-electron chi connectivity index (χ0n) is 18.1. The Morgan fingerprint density at radius 3 is 2.80 bits per heavy atom. The Bertz CT molecular complexity index is 1330. The molecule has 14 heteroatoms. The second-order valence-electron chi connectivity index (χ2n) is 8.27. The van der Waals surface area contributed by atoms with Crippen molar-refractivity contribution in [1.29, 1.82) is 0 Å². The predicted octanol–water partition coefficient (Wildman–Crippen LogP) is 2.55. The second-order valence-corrected chi connectivity index (χ2v) is 10.3. The highest BCUT2D eigenvalue weighted by Gasteiger charge is 2.43. The topological polar surface area (TPSA) is 151 Å². The molecule has 3 N–H and O–H groups in total. The van der Waals surface area contributed by atoms with Crippen LogP contribution in [0.2, 0.25) is 10.4 Å². The molecule has 1 saturated carbocycles. The van der Waals surface area contributed by atoms with Crippen LogP contribution in [0.4, 0.5) is 4.39 Å². The normalized spacial score (nSPS) is 22.5. The lowest BCUT2D eigenvalue weighted by Gasteiger charge is -2.15. The van der Waals surface area contributed by atoms with Crippen LogP contribution in [0.25, 0.3) is 0 Å². The third kappa shape index (κ3) is 6.08. The minimum absolute atomic E-state index is 0.0209. The van der Waals surface area contributed by atoms with Gasteiger partial charge in [-0.2, -0.15) is 8.42 Å². The molecule has 1 fully saturated rings. The van der Waals surface area contributed by atoms with Gasteiger partial charge in [-0.25, -0.2) is 19.5 Å². The van der Waals surface area contributed by atoms with E-state index < -0.39 is 46.8 Å². The van der Waals surface area contributed by atoms with E-state index in [1.54, 1.807) is 22.9 Å². The lowest BCUT2D eigenvalue weighted by molar-refractivity contribution is 0.0438. The number of aromatic nitrogens is 3. The number of halogens is 3. The summed E-state index contributed by atoms with van der Waals surface area (Å²) in [7, 11) is -4.22. The lowest BCUT2D eigenvalue weighted by Crippen LogP contribution is -2.29. The van der Waals surface area contributed by atoms with Crippen LogP contribution in [0.15, 0.2) is 41.3 Å². The van der Waals surface area contributed by atoms with Gasteiger partial charge in [0.15, 0.2) is 11.0 Å². The van der Waals surface area contributed by atoms with Crippen LogP contribution in [0.1, 0.15) is 33.8 Å². The minimum Gasteiger partial charge on any atom is -0.448 e. The summed E-state index contributed by atoms with van der Waals surface area (Å²) >= 11 is 12.1. The molecule has 0 bridgehead atoms. The molecule has 4 atom stereocenters. The van der Waals surface area contributed by atoms with Crippen molar-refractivity contribution in [2.75, 3.05) is 6.61 Å². The monoisotopic (exact) mass is 546 g/mol. The molecule has 0 aromatic carbocycles. The molecule has 0 spiro atoms. The lowest BCUT2D eigenvalue weighted by atomic mass is 9.95. The Morgan fingerprint density at radius 2 is 2.11 bits per heavy atom. The third-order valence-electron chi connectivity index (χ3n) is 5.87. The molecule has 4 rings (SSSR count). The van der Waals surface area contributed by atoms with Crippen LogP contribution >= 0.6 is 23.2 Å². The molecule has 3 aromatic heterocycles. The van der Waals surface area contributed by atoms with Crippen molar-refractivity contribution in [3.8, 4) is 0 Å². The molecule has 0 amide bonds. The van der Waals surface area contributed by atoms with Gasteiger partial charge >= 0.3 is 10.3 Å². The van der Waals surface area contributed by atoms with Gasteiger partial charge < -0.3 is 14.1 Å². The van der Waals surface area contributed by atoms with Crippen LogP contribution < -0.4 is 5.14 Å². The van der Waals surface area contributed by atoms with E-state index in [1.165, 1.54) is 18.6 Å². The van der Waals surface area contributed by atoms with E-state index in [2.05, 4.69) is 14.2 Å². The number of nitrogens with two attached hydrogens (primary N) is 1. The van der Waals surface area contributed by atoms with E-state index in [0.717, 1.165) is 0 Å². The number of alkyl halides is 1. The number of carbonyl (C=O) groups is 1. The summed E-state index contributed by atoms with van der Waals surface area (Å²) in [6.45, 7) is -0.193. The van der Waals surface area contributed by atoms with Gasteiger partial charge in [0, 0.05) is 23.9 Å². The summed E-state index contributed by atoms with van der Waals surface area (Å²) in [6, 6.07) is 4.77. The van der Waals surface area contributed by atoms with Gasteiger partial charge in [0.1, 0.15) is 23.4 Å². The summed E-state index contributed by atoms with van der Waals surface area (Å²) in [6.07, 6.45) is 1.16. The SMILES string of the molecule is NS(=O)(=O)OC[C@H]1C[C@@H](Cc2ncncc2C(=O)c2cc(Cl)n(Cc3ccc(Cl)o3)c2)[C@@H](F)[C@@H]1O. The molecule has 3 heterocycles. The van der Waals surface area contributed by atoms with Crippen molar-refractivity contribution in [2.24, 2.45) is 17.0 Å². The maximum atomic E-state index is 14.8. The highest BCUT2D eigenvalue weighted by atomic mass is 35.5. The number of aliphatic hydroxyl groups excluding tert-OH is 1. The summed E-state index contributed by atoms with van der Waals surface area (Å²) in [5.74, 6) is -1.37. The smallest absolute Gasteiger partial charge is 0.333 e. The first-order valence-corrected chi connectivity index (χ1v) is 12.7. The summed E-state index contributed by atoms with van der Waals surface area (Å²) < 4.78 is 48.3. The van der Waals surface area contributed by atoms with Gasteiger partial charge in [-0.1, -0.05) is 11.6 Å². The van der Waals surface area contributed by atoms with E-state index in [0.29, 0.717) is 16.6 Å². The first kappa shape index (κ1) is 25.7. The van der Waals surface area contributed by atoms with Gasteiger partial charge in [-0.15, -0.1) is 0 Å². The fourth-order valence-corrected chi connectivity index (χ4v) is 4.93. The van der Waals surface area contributed by atoms with Crippen LogP contribution in [0.3, 0.4) is 0 Å². The van der Waals surface area contributed by atoms with Crippen LogP contribution in [-0.2, 0) is 27.5 Å². The van der Waals surface area contributed by atoms with Gasteiger partial charge in [0.05, 0.1) is 30.5 Å². The molecule has 0 unspecified atom stereocenters. The molecular weight excluding hydrogens is 526 g/mol. The van der Waals surface area contributed by atoms with E-state index in [-0.39, 0.29) is 35.7 Å². The average molecular weight is 547 g/mol. The Labute approximate surface area is 210 Å².